The lowest BCUT2D eigenvalue weighted by Gasteiger charge is -2.33. The summed E-state index contributed by atoms with van der Waals surface area (Å²) in [5, 5.41) is 0. The molecule has 0 radical (unpaired) electrons. The van der Waals surface area contributed by atoms with E-state index in [1.165, 1.54) is 293 Å². The Morgan fingerprint density at radius 3 is 0.848 bits per heavy atom. The Kier molecular flexibility index (Phi) is 28.6. The van der Waals surface area contributed by atoms with E-state index in [0.717, 1.165) is 0 Å². The average Bonchev–Trinajstić information content (AvgIpc) is 1.56. The van der Waals surface area contributed by atoms with Crippen molar-refractivity contribution in [3.8, 4) is 119 Å². The highest BCUT2D eigenvalue weighted by Gasteiger charge is 2.42. The van der Waals surface area contributed by atoms with E-state index in [4.69, 9.17) is 0 Å². The molecule has 0 N–H and O–H groups in total. The molecule has 0 fully saturated rings. The smallest absolute Gasteiger partial charge is 0.0449 e. The Morgan fingerprint density at radius 2 is 0.486 bits per heavy atom. The fraction of sp³-hybridized carbons (Fsp3) is 0.355. The van der Waals surface area contributed by atoms with E-state index in [1.54, 1.807) is 11.1 Å². The Hall–Kier alpha value is -5.16. The summed E-state index contributed by atoms with van der Waals surface area (Å²) in [5.41, 5.74) is 8.98. The third kappa shape index (κ3) is 19.5. The standard InChI is InChI=1S/C56H60S6.C31H28S6.C6H14/c1-5-8-11-13-14-16-35-56(34-10-7-3)43-36-38(4)18-21-41(43)42-22-19-39(37-44(42)56)45-24-25-48(58-45)49-28-29-52(60-49)53-32-33-55(62-53)54-31-30-51(61-54)50-27-26-47(59-50)46-23-20-40(57-46)17-15-12-9-6-2;1-3-4-5-6-7-21-9-11-23(33-21)25-13-15-27(35-25)29-17-19-31(37-29)30-18-16-28(36-30)26-14-12-24(34-26)22-10-8-20(2)32-22;1-3-5-6-4-2/h18-33,36-37H,5-17,34-35H2,1-4H3;8-19H,3-7H2,1-2H3;3-6H2,1-2H3. The number of thiophene rings is 12. The summed E-state index contributed by atoms with van der Waals surface area (Å²) < 4.78 is 0. The zero-order chi connectivity index (χ0) is 72.5. The van der Waals surface area contributed by atoms with Gasteiger partial charge in [0.1, 0.15) is 0 Å². The first-order valence-electron chi connectivity index (χ1n) is 39.0. The minimum atomic E-state index is 0.107. The number of unbranched alkanes of at least 4 members (excludes halogenated alkanes) is 15. The van der Waals surface area contributed by atoms with Crippen molar-refractivity contribution in [2.45, 2.75) is 215 Å². The second-order valence-corrected chi connectivity index (χ2v) is 41.6. The van der Waals surface area contributed by atoms with E-state index in [2.05, 4.69) is 237 Å². The number of aryl methyl sites for hydroxylation is 4. The van der Waals surface area contributed by atoms with Crippen LogP contribution in [0.1, 0.15) is 214 Å². The molecular weight excluding hydrogens is 1500 g/mol. The zero-order valence-electron chi connectivity index (χ0n) is 62.7. The first-order valence-corrected chi connectivity index (χ1v) is 48.8. The molecule has 0 nitrogen and oxygen atoms in total. The number of fused-ring (bicyclic) bond motifs is 3. The van der Waals surface area contributed by atoms with Gasteiger partial charge in [-0.2, -0.15) is 0 Å². The van der Waals surface area contributed by atoms with Crippen LogP contribution in [0.15, 0.2) is 182 Å². The molecule has 0 saturated heterocycles. The lowest BCUT2D eigenvalue weighted by molar-refractivity contribution is 0.405. The highest BCUT2D eigenvalue weighted by molar-refractivity contribution is 7.32. The lowest BCUT2D eigenvalue weighted by atomic mass is 9.70. The van der Waals surface area contributed by atoms with Gasteiger partial charge in [-0.15, -0.1) is 136 Å². The van der Waals surface area contributed by atoms with Gasteiger partial charge >= 0.3 is 0 Å². The van der Waals surface area contributed by atoms with Crippen molar-refractivity contribution >= 4 is 136 Å². The van der Waals surface area contributed by atoms with Crippen LogP contribution in [0.5, 0.6) is 0 Å². The molecule has 1 aliphatic carbocycles. The number of hydrogen-bond acceptors (Lipinski definition) is 12. The van der Waals surface area contributed by atoms with E-state index in [-0.39, 0.29) is 5.41 Å². The summed E-state index contributed by atoms with van der Waals surface area (Å²) in [7, 11) is 0. The van der Waals surface area contributed by atoms with Crippen molar-refractivity contribution in [3.63, 3.8) is 0 Å². The summed E-state index contributed by atoms with van der Waals surface area (Å²) in [6.07, 6.45) is 31.6. The Labute approximate surface area is 676 Å². The molecule has 15 rings (SSSR count). The van der Waals surface area contributed by atoms with E-state index >= 15 is 0 Å². The van der Waals surface area contributed by atoms with Crippen LogP contribution in [0.4, 0.5) is 0 Å². The largest absolute Gasteiger partial charge is 0.140 e. The van der Waals surface area contributed by atoms with Gasteiger partial charge < -0.3 is 0 Å². The zero-order valence-corrected chi connectivity index (χ0v) is 72.5. The van der Waals surface area contributed by atoms with Gasteiger partial charge in [-0.05, 0) is 232 Å². The van der Waals surface area contributed by atoms with Crippen LogP contribution in [0.3, 0.4) is 0 Å². The molecule has 546 valence electrons. The maximum atomic E-state index is 2.60. The molecule has 2 aromatic carbocycles. The normalized spacial score (nSPS) is 13.1. The first kappa shape index (κ1) is 78.0. The fourth-order valence-corrected chi connectivity index (χ4v) is 27.3. The Bertz CT molecular complexity index is 4960. The predicted molar refractivity (Wildman–Crippen MR) is 486 cm³/mol. The van der Waals surface area contributed by atoms with Gasteiger partial charge in [-0.25, -0.2) is 0 Å². The second kappa shape index (κ2) is 38.5. The van der Waals surface area contributed by atoms with Crippen LogP contribution < -0.4 is 0 Å². The van der Waals surface area contributed by atoms with Crippen molar-refractivity contribution in [1.82, 2.24) is 0 Å². The van der Waals surface area contributed by atoms with Gasteiger partial charge in [0.15, 0.2) is 0 Å². The van der Waals surface area contributed by atoms with Crippen molar-refractivity contribution in [2.24, 2.45) is 0 Å². The van der Waals surface area contributed by atoms with Crippen molar-refractivity contribution in [1.29, 1.82) is 0 Å². The quantitative estimate of drug-likeness (QED) is 0.0353. The third-order valence-electron chi connectivity index (χ3n) is 20.2. The molecular formula is C93H102S12. The van der Waals surface area contributed by atoms with Crippen molar-refractivity contribution in [2.75, 3.05) is 0 Å². The summed E-state index contributed by atoms with van der Waals surface area (Å²) >= 11 is 23.1. The Morgan fingerprint density at radius 1 is 0.219 bits per heavy atom. The van der Waals surface area contributed by atoms with Crippen LogP contribution >= 0.6 is 136 Å². The first-order chi connectivity index (χ1) is 51.5. The summed E-state index contributed by atoms with van der Waals surface area (Å²) in [4.78, 5) is 33.2. The van der Waals surface area contributed by atoms with Crippen LogP contribution in [-0.4, -0.2) is 0 Å². The van der Waals surface area contributed by atoms with Crippen LogP contribution in [0.25, 0.3) is 119 Å². The summed E-state index contributed by atoms with van der Waals surface area (Å²) in [5.74, 6) is 0. The number of rotatable bonds is 34. The second-order valence-electron chi connectivity index (χ2n) is 28.3. The Balaban J connectivity index is 0.000000192. The fourth-order valence-electron chi connectivity index (χ4n) is 14.4. The molecule has 1 unspecified atom stereocenters. The third-order valence-corrected chi connectivity index (χ3v) is 35.2. The molecule has 1 atom stereocenters. The van der Waals surface area contributed by atoms with Gasteiger partial charge in [0.25, 0.3) is 0 Å². The molecule has 0 amide bonds. The summed E-state index contributed by atoms with van der Waals surface area (Å²) in [6.45, 7) is 18.2. The molecule has 0 spiro atoms. The van der Waals surface area contributed by atoms with Gasteiger partial charge in [0.05, 0.1) is 0 Å². The van der Waals surface area contributed by atoms with Crippen molar-refractivity contribution < 1.29 is 0 Å². The van der Waals surface area contributed by atoms with E-state index in [1.807, 2.05) is 136 Å². The van der Waals surface area contributed by atoms with Gasteiger partial charge in [0, 0.05) is 122 Å². The molecule has 12 heteroatoms. The topological polar surface area (TPSA) is 0 Å². The molecule has 1 aliphatic rings. The molecule has 0 bridgehead atoms. The van der Waals surface area contributed by atoms with E-state index in [0.29, 0.717) is 0 Å². The number of benzene rings is 2. The maximum absolute atomic E-state index is 2.60. The minimum Gasteiger partial charge on any atom is -0.140 e. The van der Waals surface area contributed by atoms with E-state index < -0.39 is 0 Å². The van der Waals surface area contributed by atoms with Gasteiger partial charge in [-0.1, -0.05) is 193 Å². The van der Waals surface area contributed by atoms with Crippen molar-refractivity contribution in [3.05, 3.63) is 213 Å². The highest BCUT2D eigenvalue weighted by atomic mass is 32.1. The lowest BCUT2D eigenvalue weighted by Crippen LogP contribution is -2.25. The predicted octanol–water partition coefficient (Wildman–Crippen LogP) is 36.1. The highest BCUT2D eigenvalue weighted by Crippen LogP contribution is 2.57. The molecule has 14 aromatic rings. The van der Waals surface area contributed by atoms with E-state index in [9.17, 15) is 0 Å². The molecule has 105 heavy (non-hydrogen) atoms. The molecule has 0 saturated carbocycles. The minimum absolute atomic E-state index is 0.107. The monoisotopic (exact) mass is 1600 g/mol. The molecule has 12 aromatic heterocycles. The van der Waals surface area contributed by atoms with Crippen LogP contribution in [0.2, 0.25) is 0 Å². The molecule has 0 aliphatic heterocycles. The van der Waals surface area contributed by atoms with Gasteiger partial charge in [-0.3, -0.25) is 0 Å². The molecule has 12 heterocycles. The van der Waals surface area contributed by atoms with Crippen LogP contribution in [0, 0.1) is 13.8 Å². The van der Waals surface area contributed by atoms with Crippen LogP contribution in [-0.2, 0) is 18.3 Å². The average molecular weight is 1600 g/mol. The van der Waals surface area contributed by atoms with Gasteiger partial charge in [0.2, 0.25) is 0 Å². The SMILES string of the molecule is CCCCCC.CCCCCCCCC1(CCCC)c2cc(C)ccc2-c2ccc(-c3ccc(-c4ccc(-c5ccc(-c6ccc(-c7ccc(-c8ccc(CCCCCC)s8)s7)s6)s5)s4)s3)cc21.CCCCCCc1ccc(-c2ccc(-c3ccc(-c4ccc(-c5ccc(-c6ccc(C)s6)s5)s4)s3)s2)s1. The maximum Gasteiger partial charge on any atom is 0.0449 e. The summed E-state index contributed by atoms with van der Waals surface area (Å²) in [6, 6.07) is 70.2. The number of hydrogen-bond donors (Lipinski definition) is 0.